The molecule has 1 N–H and O–H groups in total. The molecule has 23 heavy (non-hydrogen) atoms. The van der Waals surface area contributed by atoms with Gasteiger partial charge in [-0.15, -0.1) is 0 Å². The van der Waals surface area contributed by atoms with Gasteiger partial charge in [0, 0.05) is 13.1 Å². The number of aliphatic hydroxyl groups excluding tert-OH is 1. The Kier molecular flexibility index (Phi) is 3.54. The van der Waals surface area contributed by atoms with Crippen molar-refractivity contribution in [2.45, 2.75) is 19.4 Å². The number of benzene rings is 2. The van der Waals surface area contributed by atoms with Gasteiger partial charge in [0.1, 0.15) is 0 Å². The fourth-order valence-electron chi connectivity index (χ4n) is 3.33. The van der Waals surface area contributed by atoms with Crippen LogP contribution < -0.4 is 9.80 Å². The first-order valence-electron chi connectivity index (χ1n) is 8.17. The number of hydrogen-bond acceptors (Lipinski definition) is 4. The second kappa shape index (κ2) is 5.70. The maximum absolute atomic E-state index is 10.7. The molecular weight excluding hydrogens is 286 g/mol. The number of aryl methyl sites for hydroxylation is 1. The summed E-state index contributed by atoms with van der Waals surface area (Å²) < 4.78 is 0. The highest BCUT2D eigenvalue weighted by atomic mass is 16.3. The molecule has 4 rings (SSSR count). The summed E-state index contributed by atoms with van der Waals surface area (Å²) >= 11 is 0. The molecule has 0 spiro atoms. The number of aliphatic hydroxyl groups is 1. The first kappa shape index (κ1) is 14.3. The first-order chi connectivity index (χ1) is 11.2. The summed E-state index contributed by atoms with van der Waals surface area (Å²) in [6, 6.07) is 16.4. The summed E-state index contributed by atoms with van der Waals surface area (Å²) in [4.78, 5) is 9.12. The van der Waals surface area contributed by atoms with Crippen LogP contribution in [0.5, 0.6) is 0 Å². The molecule has 0 amide bonds. The predicted octanol–water partition coefficient (Wildman–Crippen LogP) is 3.11. The predicted molar refractivity (Wildman–Crippen MR) is 94.2 cm³/mol. The Labute approximate surface area is 136 Å². The third-order valence-corrected chi connectivity index (χ3v) is 4.56. The number of anilines is 2. The molecule has 2 aromatic rings. The zero-order valence-electron chi connectivity index (χ0n) is 13.3. The van der Waals surface area contributed by atoms with Gasteiger partial charge < -0.3 is 14.9 Å². The molecule has 118 valence electrons. The average Bonchev–Trinajstić information content (AvgIpc) is 2.90. The highest BCUT2D eigenvalue weighted by molar-refractivity contribution is 6.16. The van der Waals surface area contributed by atoms with Crippen LogP contribution in [0, 0.1) is 6.92 Å². The highest BCUT2D eigenvalue weighted by Crippen LogP contribution is 2.39. The van der Waals surface area contributed by atoms with Gasteiger partial charge in [-0.25, -0.2) is 0 Å². The molecule has 2 aromatic carbocycles. The Morgan fingerprint density at radius 1 is 1.09 bits per heavy atom. The Bertz CT molecular complexity index is 739. The van der Waals surface area contributed by atoms with E-state index in [4.69, 9.17) is 4.99 Å². The number of nitrogens with zero attached hydrogens (tertiary/aromatic N) is 3. The summed E-state index contributed by atoms with van der Waals surface area (Å²) in [5, 5.41) is 10.7. The molecule has 4 heteroatoms. The molecule has 0 aliphatic carbocycles. The van der Waals surface area contributed by atoms with E-state index in [1.54, 1.807) is 0 Å². The molecule has 0 fully saturated rings. The number of aliphatic imine (C=N–C) groups is 1. The molecule has 2 aliphatic heterocycles. The molecule has 0 saturated heterocycles. The zero-order chi connectivity index (χ0) is 15.8. The van der Waals surface area contributed by atoms with Crippen LogP contribution in [0.25, 0.3) is 0 Å². The minimum absolute atomic E-state index is 0.523. The van der Waals surface area contributed by atoms with Gasteiger partial charge in [0.25, 0.3) is 0 Å². The van der Waals surface area contributed by atoms with E-state index in [1.807, 2.05) is 30.3 Å². The van der Waals surface area contributed by atoms with Gasteiger partial charge in [0.15, 0.2) is 0 Å². The summed E-state index contributed by atoms with van der Waals surface area (Å²) in [6.07, 6.45) is 0.542. The minimum Gasteiger partial charge on any atom is -0.387 e. The fraction of sp³-hybridized carbons (Fsp3) is 0.316. The van der Waals surface area contributed by atoms with E-state index in [-0.39, 0.29) is 0 Å². The van der Waals surface area contributed by atoms with Crippen LogP contribution in [0.3, 0.4) is 0 Å². The largest absolute Gasteiger partial charge is 0.387 e. The molecule has 4 nitrogen and oxygen atoms in total. The lowest BCUT2D eigenvalue weighted by atomic mass is 10.1. The van der Waals surface area contributed by atoms with Crippen molar-refractivity contribution in [1.82, 2.24) is 0 Å². The van der Waals surface area contributed by atoms with Crippen molar-refractivity contribution in [3.05, 3.63) is 59.7 Å². The smallest absolute Gasteiger partial charge is 0.205 e. The minimum atomic E-state index is -0.534. The van der Waals surface area contributed by atoms with Gasteiger partial charge in [-0.2, -0.15) is 0 Å². The lowest BCUT2D eigenvalue weighted by Crippen LogP contribution is -2.43. The lowest BCUT2D eigenvalue weighted by Gasteiger charge is -2.28. The summed E-state index contributed by atoms with van der Waals surface area (Å²) in [7, 11) is 0. The van der Waals surface area contributed by atoms with E-state index in [2.05, 4.69) is 34.9 Å². The second-order valence-electron chi connectivity index (χ2n) is 6.21. The van der Waals surface area contributed by atoms with Crippen molar-refractivity contribution >= 4 is 17.3 Å². The molecule has 1 atom stereocenters. The van der Waals surface area contributed by atoms with Crippen LogP contribution in [0.2, 0.25) is 0 Å². The van der Waals surface area contributed by atoms with E-state index in [0.29, 0.717) is 6.54 Å². The molecule has 2 heterocycles. The van der Waals surface area contributed by atoms with Gasteiger partial charge in [0.05, 0.1) is 24.0 Å². The Morgan fingerprint density at radius 2 is 1.83 bits per heavy atom. The average molecular weight is 307 g/mol. The number of β-amino-alcohol motifs (C(OH)–C–C–N with tert-alkyl or cyclic N) is 1. The standard InChI is InChI=1S/C19H21N3O/c1-14-7-9-15(10-8-14)18(23)13-22-17-6-3-2-5-16(17)21-12-4-11-20-19(21)22/h2-3,5-10,18,23H,4,11-13H2,1H3/t18-/m1/s1. The van der Waals surface area contributed by atoms with Crippen LogP contribution in [-0.4, -0.2) is 30.7 Å². The molecule has 2 aliphatic rings. The molecule has 0 bridgehead atoms. The summed E-state index contributed by atoms with van der Waals surface area (Å²) in [5.41, 5.74) is 4.49. The number of para-hydroxylation sites is 2. The lowest BCUT2D eigenvalue weighted by molar-refractivity contribution is 0.187. The van der Waals surface area contributed by atoms with Gasteiger partial charge in [0.2, 0.25) is 5.96 Å². The Balaban J connectivity index is 1.65. The van der Waals surface area contributed by atoms with Crippen molar-refractivity contribution in [2.75, 3.05) is 29.4 Å². The van der Waals surface area contributed by atoms with Crippen molar-refractivity contribution < 1.29 is 5.11 Å². The van der Waals surface area contributed by atoms with E-state index in [0.717, 1.165) is 36.7 Å². The second-order valence-corrected chi connectivity index (χ2v) is 6.21. The molecule has 0 unspecified atom stereocenters. The van der Waals surface area contributed by atoms with Crippen LogP contribution in [0.1, 0.15) is 23.7 Å². The topological polar surface area (TPSA) is 39.1 Å². The van der Waals surface area contributed by atoms with Crippen LogP contribution >= 0.6 is 0 Å². The van der Waals surface area contributed by atoms with Crippen molar-refractivity contribution in [1.29, 1.82) is 0 Å². The third kappa shape index (κ3) is 2.49. The number of rotatable bonds is 3. The van der Waals surface area contributed by atoms with Crippen molar-refractivity contribution in [3.8, 4) is 0 Å². The first-order valence-corrected chi connectivity index (χ1v) is 8.17. The number of hydrogen-bond donors (Lipinski definition) is 1. The van der Waals surface area contributed by atoms with Gasteiger partial charge in [-0.05, 0) is 31.0 Å². The SMILES string of the molecule is Cc1ccc([C@H](O)CN2C3=NCCCN3c3ccccc32)cc1. The molecule has 0 radical (unpaired) electrons. The van der Waals surface area contributed by atoms with Gasteiger partial charge in [-0.3, -0.25) is 4.99 Å². The quantitative estimate of drug-likeness (QED) is 0.947. The monoisotopic (exact) mass is 307 g/mol. The van der Waals surface area contributed by atoms with Crippen LogP contribution in [0.15, 0.2) is 53.5 Å². The van der Waals surface area contributed by atoms with Crippen molar-refractivity contribution in [2.24, 2.45) is 4.99 Å². The van der Waals surface area contributed by atoms with E-state index in [1.165, 1.54) is 11.3 Å². The maximum atomic E-state index is 10.7. The normalized spacial score (nSPS) is 17.6. The van der Waals surface area contributed by atoms with Crippen LogP contribution in [0.4, 0.5) is 11.4 Å². The van der Waals surface area contributed by atoms with Crippen LogP contribution in [-0.2, 0) is 0 Å². The maximum Gasteiger partial charge on any atom is 0.205 e. The Hall–Kier alpha value is -2.33. The fourth-order valence-corrected chi connectivity index (χ4v) is 3.33. The molecule has 0 saturated carbocycles. The summed E-state index contributed by atoms with van der Waals surface area (Å²) in [5.74, 6) is 0.976. The molecular formula is C19H21N3O. The van der Waals surface area contributed by atoms with Gasteiger partial charge in [-0.1, -0.05) is 42.0 Å². The van der Waals surface area contributed by atoms with E-state index in [9.17, 15) is 5.11 Å². The van der Waals surface area contributed by atoms with Gasteiger partial charge >= 0.3 is 0 Å². The summed E-state index contributed by atoms with van der Waals surface area (Å²) in [6.45, 7) is 4.43. The number of fused-ring (bicyclic) bond motifs is 3. The van der Waals surface area contributed by atoms with E-state index < -0.39 is 6.10 Å². The number of guanidine groups is 1. The Morgan fingerprint density at radius 3 is 2.61 bits per heavy atom. The van der Waals surface area contributed by atoms with E-state index >= 15 is 0 Å². The third-order valence-electron chi connectivity index (χ3n) is 4.56. The zero-order valence-corrected chi connectivity index (χ0v) is 13.3. The van der Waals surface area contributed by atoms with Crippen molar-refractivity contribution in [3.63, 3.8) is 0 Å². The highest BCUT2D eigenvalue weighted by Gasteiger charge is 2.34. The molecule has 0 aromatic heterocycles.